The molecule has 7 heavy (non-hydrogen) atoms. The van der Waals surface area contributed by atoms with E-state index in [0.717, 1.165) is 12.2 Å². The van der Waals surface area contributed by atoms with Crippen molar-refractivity contribution in [1.82, 2.24) is 0 Å². The van der Waals surface area contributed by atoms with Crippen molar-refractivity contribution in [2.75, 3.05) is 0 Å². The van der Waals surface area contributed by atoms with Crippen LogP contribution in [0.5, 0.6) is 0 Å². The van der Waals surface area contributed by atoms with Gasteiger partial charge in [-0.15, -0.1) is 0 Å². The predicted molar refractivity (Wildman–Crippen MR) is 21.4 cm³/mol. The minimum Gasteiger partial charge on any atom is -0.387 e. The second-order valence-electron chi connectivity index (χ2n) is 1.07. The van der Waals surface area contributed by atoms with Crippen LogP contribution < -0.4 is 0 Å². The molecule has 0 fully saturated rings. The molecule has 0 amide bonds. The van der Waals surface area contributed by atoms with Gasteiger partial charge in [0, 0.05) is 12.2 Å². The quantitative estimate of drug-likeness (QED) is 0.310. The van der Waals surface area contributed by atoms with Crippen LogP contribution in [0.15, 0.2) is 12.2 Å². The number of cyclic esters (lactones) is 2. The van der Waals surface area contributed by atoms with E-state index in [4.69, 9.17) is 0 Å². The van der Waals surface area contributed by atoms with E-state index in [0.29, 0.717) is 0 Å². The third-order valence-corrected chi connectivity index (χ3v) is 0.557. The van der Waals surface area contributed by atoms with Crippen molar-refractivity contribution in [3.05, 3.63) is 12.2 Å². The number of ether oxygens (including phenoxy) is 1. The van der Waals surface area contributed by atoms with Gasteiger partial charge in [-0.1, -0.05) is 0 Å². The number of hydrogen-bond acceptors (Lipinski definition) is 3. The van der Waals surface area contributed by atoms with Crippen molar-refractivity contribution in [1.29, 1.82) is 0 Å². The molecule has 0 bridgehead atoms. The summed E-state index contributed by atoms with van der Waals surface area (Å²) in [6.45, 7) is 0. The van der Waals surface area contributed by atoms with Crippen LogP contribution in [0.3, 0.4) is 0 Å². The molecule has 0 radical (unpaired) electrons. The zero-order valence-corrected chi connectivity index (χ0v) is 3.38. The minimum atomic E-state index is -0.579. The fourth-order valence-electron chi connectivity index (χ4n) is 0.303. The van der Waals surface area contributed by atoms with Gasteiger partial charge in [0.1, 0.15) is 0 Å². The van der Waals surface area contributed by atoms with Crippen LogP contribution in [0.25, 0.3) is 0 Å². The van der Waals surface area contributed by atoms with Gasteiger partial charge in [-0.3, -0.25) is 0 Å². The van der Waals surface area contributed by atoms with Crippen molar-refractivity contribution in [2.24, 2.45) is 0 Å². The van der Waals surface area contributed by atoms with Gasteiger partial charge in [-0.2, -0.15) is 0 Å². The van der Waals surface area contributed by atoms with Gasteiger partial charge in [0.05, 0.1) is 0 Å². The molecule has 0 saturated carbocycles. The fraction of sp³-hybridized carbons (Fsp3) is 0. The standard InChI is InChI=1S/C4H2O3/c5-3-1-2-4(6)7-3/h1-2H/p+1. The molecule has 0 spiro atoms. The molecule has 3 nitrogen and oxygen atoms in total. The zero-order valence-electron chi connectivity index (χ0n) is 4.38. The Balaban J connectivity index is 0.000000490. The van der Waals surface area contributed by atoms with Crippen molar-refractivity contribution in [2.45, 2.75) is 0 Å². The zero-order chi connectivity index (χ0) is 5.28. The predicted octanol–water partition coefficient (Wildman–Crippen LogP) is -0.262. The summed E-state index contributed by atoms with van der Waals surface area (Å²) in [5.41, 5.74) is 0. The average molecular weight is 99.1 g/mol. The number of hydrogen-bond donors (Lipinski definition) is 0. The summed E-state index contributed by atoms with van der Waals surface area (Å²) in [6.07, 6.45) is 2.17. The SMILES string of the molecule is O=C1C=CC(=O)O1.[H+]. The molecular formula is C4H3O3+. The summed E-state index contributed by atoms with van der Waals surface area (Å²) in [5.74, 6) is -1.16. The first kappa shape index (κ1) is 4.05. The normalized spacial score (nSPS) is 17.7. The molecule has 0 aromatic carbocycles. The summed E-state index contributed by atoms with van der Waals surface area (Å²) >= 11 is 0. The first-order chi connectivity index (χ1) is 3.29. The molecule has 0 atom stereocenters. The summed E-state index contributed by atoms with van der Waals surface area (Å²) < 4.78 is 3.97. The van der Waals surface area contributed by atoms with Crippen molar-refractivity contribution >= 4 is 11.9 Å². The Morgan fingerprint density at radius 1 is 1.29 bits per heavy atom. The molecule has 0 aromatic heterocycles. The summed E-state index contributed by atoms with van der Waals surface area (Å²) in [4.78, 5) is 19.8. The Kier molecular flexibility index (Phi) is 0.685. The topological polar surface area (TPSA) is 43.4 Å². The molecule has 0 unspecified atom stereocenters. The van der Waals surface area contributed by atoms with Crippen molar-refractivity contribution in [3.63, 3.8) is 0 Å². The number of esters is 2. The minimum absolute atomic E-state index is 0. The molecule has 1 heterocycles. The van der Waals surface area contributed by atoms with Crippen LogP contribution in [-0.4, -0.2) is 11.9 Å². The van der Waals surface area contributed by atoms with Crippen LogP contribution in [0.2, 0.25) is 0 Å². The Morgan fingerprint density at radius 3 is 1.86 bits per heavy atom. The molecule has 36 valence electrons. The van der Waals surface area contributed by atoms with E-state index in [-0.39, 0.29) is 1.43 Å². The van der Waals surface area contributed by atoms with Gasteiger partial charge in [-0.25, -0.2) is 9.59 Å². The average Bonchev–Trinajstić information content (AvgIpc) is 1.87. The fourth-order valence-corrected chi connectivity index (χ4v) is 0.303. The monoisotopic (exact) mass is 99.0 g/mol. The highest BCUT2D eigenvalue weighted by atomic mass is 16.6. The van der Waals surface area contributed by atoms with Crippen LogP contribution in [0, 0.1) is 0 Å². The highest BCUT2D eigenvalue weighted by Crippen LogP contribution is 1.92. The lowest BCUT2D eigenvalue weighted by atomic mass is 10.6. The molecule has 0 aliphatic carbocycles. The highest BCUT2D eigenvalue weighted by molar-refractivity contribution is 6.04. The molecule has 0 aromatic rings. The molecule has 3 heteroatoms. The lowest BCUT2D eigenvalue weighted by Gasteiger charge is -1.80. The number of carbonyl (C=O) groups excluding carboxylic acids is 2. The smallest absolute Gasteiger partial charge is 0.387 e. The Labute approximate surface area is 41.1 Å². The number of carbonyl (C=O) groups is 2. The molecular weight excluding hydrogens is 96.0 g/mol. The van der Waals surface area contributed by atoms with Gasteiger partial charge < -0.3 is 4.74 Å². The second-order valence-corrected chi connectivity index (χ2v) is 1.07. The van der Waals surface area contributed by atoms with E-state index in [2.05, 4.69) is 4.74 Å². The van der Waals surface area contributed by atoms with Gasteiger partial charge in [0.15, 0.2) is 0 Å². The molecule has 0 saturated heterocycles. The molecule has 0 N–H and O–H groups in total. The summed E-state index contributed by atoms with van der Waals surface area (Å²) in [7, 11) is 0. The van der Waals surface area contributed by atoms with Gasteiger partial charge in [0.25, 0.3) is 0 Å². The number of rotatable bonds is 0. The van der Waals surface area contributed by atoms with Crippen LogP contribution in [0.1, 0.15) is 1.43 Å². The van der Waals surface area contributed by atoms with E-state index in [1.54, 1.807) is 0 Å². The molecule has 1 aliphatic heterocycles. The van der Waals surface area contributed by atoms with Gasteiger partial charge in [0.2, 0.25) is 0 Å². The van der Waals surface area contributed by atoms with E-state index in [1.807, 2.05) is 0 Å². The van der Waals surface area contributed by atoms with Crippen LogP contribution in [-0.2, 0) is 14.3 Å². The molecule has 1 rings (SSSR count). The Morgan fingerprint density at radius 2 is 1.71 bits per heavy atom. The first-order valence-electron chi connectivity index (χ1n) is 1.73. The third kappa shape index (κ3) is 0.652. The maximum atomic E-state index is 9.92. The second kappa shape index (κ2) is 1.18. The van der Waals surface area contributed by atoms with E-state index < -0.39 is 11.9 Å². The third-order valence-electron chi connectivity index (χ3n) is 0.557. The maximum absolute atomic E-state index is 9.92. The van der Waals surface area contributed by atoms with E-state index in [1.165, 1.54) is 0 Å². The summed E-state index contributed by atoms with van der Waals surface area (Å²) in [6, 6.07) is 0. The Bertz CT molecular complexity index is 133. The van der Waals surface area contributed by atoms with Crippen molar-refractivity contribution in [3.8, 4) is 0 Å². The lowest BCUT2D eigenvalue weighted by Crippen LogP contribution is -1.96. The van der Waals surface area contributed by atoms with Crippen molar-refractivity contribution < 1.29 is 15.8 Å². The van der Waals surface area contributed by atoms with Crippen LogP contribution in [0.4, 0.5) is 0 Å². The van der Waals surface area contributed by atoms with Crippen LogP contribution >= 0.6 is 0 Å². The largest absolute Gasteiger partial charge is 1.00 e. The molecule has 1 aliphatic rings. The van der Waals surface area contributed by atoms with Gasteiger partial charge >= 0.3 is 13.4 Å². The maximum Gasteiger partial charge on any atom is 1.00 e. The first-order valence-corrected chi connectivity index (χ1v) is 1.73. The highest BCUT2D eigenvalue weighted by Gasteiger charge is 2.10. The van der Waals surface area contributed by atoms with Gasteiger partial charge in [-0.05, 0) is 0 Å². The van der Waals surface area contributed by atoms with E-state index in [9.17, 15) is 9.59 Å². The summed E-state index contributed by atoms with van der Waals surface area (Å²) in [5, 5.41) is 0. The lowest BCUT2D eigenvalue weighted by molar-refractivity contribution is -0.150. The Hall–Kier alpha value is -1.12. The van der Waals surface area contributed by atoms with E-state index >= 15 is 0 Å².